The van der Waals surface area contributed by atoms with E-state index in [0.717, 1.165) is 18.4 Å². The fourth-order valence-electron chi connectivity index (χ4n) is 1.98. The number of ether oxygens (including phenoxy) is 1. The average Bonchev–Trinajstić information content (AvgIpc) is 2.35. The lowest BCUT2D eigenvalue weighted by Crippen LogP contribution is -2.06. The molecule has 1 nitrogen and oxygen atoms in total. The first-order valence-corrected chi connectivity index (χ1v) is 7.98. The van der Waals surface area contributed by atoms with E-state index in [1.165, 1.54) is 0 Å². The fraction of sp³-hybridized carbons (Fsp3) is 0.571. The van der Waals surface area contributed by atoms with Crippen LogP contribution in [0.4, 0.5) is 0 Å². The second kappa shape index (κ2) is 7.62. The lowest BCUT2D eigenvalue weighted by molar-refractivity contribution is 0.340. The van der Waals surface area contributed by atoms with E-state index in [-0.39, 0.29) is 4.83 Å². The van der Waals surface area contributed by atoms with Crippen molar-refractivity contribution in [2.24, 2.45) is 5.92 Å². The van der Waals surface area contributed by atoms with Gasteiger partial charge < -0.3 is 4.74 Å². The highest BCUT2D eigenvalue weighted by Gasteiger charge is 2.21. The predicted octanol–water partition coefficient (Wildman–Crippen LogP) is 6.26. The molecule has 1 aromatic carbocycles. The zero-order valence-corrected chi connectivity index (χ0v) is 14.1. The molecular weight excluding hydrogens is 335 g/mol. The predicted molar refractivity (Wildman–Crippen MR) is 83.4 cm³/mol. The van der Waals surface area contributed by atoms with E-state index in [2.05, 4.69) is 29.8 Å². The molecule has 0 aliphatic heterocycles. The van der Waals surface area contributed by atoms with Crippen molar-refractivity contribution in [1.29, 1.82) is 0 Å². The smallest absolute Gasteiger partial charge is 0.139 e. The number of benzene rings is 1. The van der Waals surface area contributed by atoms with E-state index in [0.29, 0.717) is 28.3 Å². The molecule has 0 aliphatic carbocycles. The number of halogens is 3. The van der Waals surface area contributed by atoms with Crippen molar-refractivity contribution in [3.05, 3.63) is 27.7 Å². The van der Waals surface area contributed by atoms with Gasteiger partial charge in [0.1, 0.15) is 5.75 Å². The third-order valence-electron chi connectivity index (χ3n) is 3.11. The summed E-state index contributed by atoms with van der Waals surface area (Å²) in [5.74, 6) is 1.20. The van der Waals surface area contributed by atoms with Crippen molar-refractivity contribution < 1.29 is 4.74 Å². The molecular formula is C14H19BrCl2O. The molecule has 102 valence electrons. The van der Waals surface area contributed by atoms with Crippen LogP contribution in [0.5, 0.6) is 5.75 Å². The second-order valence-electron chi connectivity index (χ2n) is 4.22. The van der Waals surface area contributed by atoms with Crippen LogP contribution in [0, 0.1) is 5.92 Å². The van der Waals surface area contributed by atoms with E-state index in [9.17, 15) is 0 Å². The maximum absolute atomic E-state index is 6.32. The van der Waals surface area contributed by atoms with E-state index in [4.69, 9.17) is 27.9 Å². The van der Waals surface area contributed by atoms with Gasteiger partial charge >= 0.3 is 0 Å². The standard InChI is InChI=1S/C14H19BrCl2O/c1-4-9(5-2)14(15)10-7-12(17)13(18-6-3)8-11(10)16/h7-9,14H,4-6H2,1-3H3. The van der Waals surface area contributed by atoms with Crippen molar-refractivity contribution in [3.63, 3.8) is 0 Å². The Morgan fingerprint density at radius 2 is 1.72 bits per heavy atom. The van der Waals surface area contributed by atoms with Gasteiger partial charge in [0.05, 0.1) is 11.6 Å². The Labute approximate surface area is 128 Å². The molecule has 0 fully saturated rings. The Hall–Kier alpha value is 0.0800. The van der Waals surface area contributed by atoms with Crippen LogP contribution >= 0.6 is 39.1 Å². The Kier molecular flexibility index (Phi) is 6.83. The summed E-state index contributed by atoms with van der Waals surface area (Å²) in [5.41, 5.74) is 1.04. The molecule has 1 rings (SSSR count). The summed E-state index contributed by atoms with van der Waals surface area (Å²) in [6.45, 7) is 6.88. The Morgan fingerprint density at radius 1 is 1.11 bits per heavy atom. The summed E-state index contributed by atoms with van der Waals surface area (Å²) in [4.78, 5) is 0.230. The summed E-state index contributed by atoms with van der Waals surface area (Å²) >= 11 is 16.3. The van der Waals surface area contributed by atoms with Gasteiger partial charge in [-0.2, -0.15) is 0 Å². The molecule has 0 radical (unpaired) electrons. The zero-order valence-electron chi connectivity index (χ0n) is 11.0. The topological polar surface area (TPSA) is 9.23 Å². The highest BCUT2D eigenvalue weighted by Crippen LogP contribution is 2.42. The quantitative estimate of drug-likeness (QED) is 0.548. The molecule has 1 unspecified atom stereocenters. The Morgan fingerprint density at radius 3 is 2.22 bits per heavy atom. The SMILES string of the molecule is CCOc1cc(Cl)c(C(Br)C(CC)CC)cc1Cl. The van der Waals surface area contributed by atoms with E-state index in [1.54, 1.807) is 6.07 Å². The molecule has 0 bridgehead atoms. The van der Waals surface area contributed by atoms with Gasteiger partial charge in [0, 0.05) is 15.9 Å². The van der Waals surface area contributed by atoms with Gasteiger partial charge in [-0.3, -0.25) is 0 Å². The third kappa shape index (κ3) is 3.79. The van der Waals surface area contributed by atoms with E-state index in [1.807, 2.05) is 13.0 Å². The molecule has 1 aromatic rings. The van der Waals surface area contributed by atoms with Crippen molar-refractivity contribution in [2.45, 2.75) is 38.4 Å². The lowest BCUT2D eigenvalue weighted by atomic mass is 9.94. The van der Waals surface area contributed by atoms with Gasteiger partial charge in [-0.05, 0) is 24.5 Å². The lowest BCUT2D eigenvalue weighted by Gasteiger charge is -2.22. The molecule has 0 spiro atoms. The maximum Gasteiger partial charge on any atom is 0.139 e. The van der Waals surface area contributed by atoms with Crippen LogP contribution in [0.25, 0.3) is 0 Å². The van der Waals surface area contributed by atoms with Gasteiger partial charge in [-0.1, -0.05) is 65.8 Å². The van der Waals surface area contributed by atoms with Crippen molar-refractivity contribution >= 4 is 39.1 Å². The fourth-order valence-corrected chi connectivity index (χ4v) is 3.73. The maximum atomic E-state index is 6.32. The number of rotatable bonds is 6. The first kappa shape index (κ1) is 16.1. The highest BCUT2D eigenvalue weighted by atomic mass is 79.9. The first-order valence-electron chi connectivity index (χ1n) is 6.30. The summed E-state index contributed by atoms with van der Waals surface area (Å²) in [7, 11) is 0. The van der Waals surface area contributed by atoms with Gasteiger partial charge in [-0.25, -0.2) is 0 Å². The number of alkyl halides is 1. The molecule has 0 amide bonds. The van der Waals surface area contributed by atoms with Crippen molar-refractivity contribution in [2.75, 3.05) is 6.61 Å². The molecule has 0 heterocycles. The third-order valence-corrected chi connectivity index (χ3v) is 4.97. The van der Waals surface area contributed by atoms with Crippen molar-refractivity contribution in [3.8, 4) is 5.75 Å². The zero-order chi connectivity index (χ0) is 13.7. The van der Waals surface area contributed by atoms with Crippen LogP contribution in [0.1, 0.15) is 44.0 Å². The average molecular weight is 354 g/mol. The Bertz CT molecular complexity index is 392. The van der Waals surface area contributed by atoms with Crippen LogP contribution in [0.2, 0.25) is 10.0 Å². The molecule has 0 N–H and O–H groups in total. The minimum absolute atomic E-state index is 0.230. The van der Waals surface area contributed by atoms with E-state index < -0.39 is 0 Å². The minimum atomic E-state index is 0.230. The summed E-state index contributed by atoms with van der Waals surface area (Å²) in [6.07, 6.45) is 2.21. The molecule has 4 heteroatoms. The molecule has 18 heavy (non-hydrogen) atoms. The number of hydrogen-bond acceptors (Lipinski definition) is 1. The largest absolute Gasteiger partial charge is 0.492 e. The summed E-state index contributed by atoms with van der Waals surface area (Å²) in [6, 6.07) is 3.71. The monoisotopic (exact) mass is 352 g/mol. The molecule has 0 saturated heterocycles. The van der Waals surface area contributed by atoms with E-state index >= 15 is 0 Å². The van der Waals surface area contributed by atoms with Gasteiger partial charge in [0.15, 0.2) is 0 Å². The van der Waals surface area contributed by atoms with Crippen molar-refractivity contribution in [1.82, 2.24) is 0 Å². The molecule has 0 aliphatic rings. The van der Waals surface area contributed by atoms with Crippen LogP contribution in [0.15, 0.2) is 12.1 Å². The van der Waals surface area contributed by atoms with Gasteiger partial charge in [0.25, 0.3) is 0 Å². The summed E-state index contributed by atoms with van der Waals surface area (Å²) < 4.78 is 5.43. The molecule has 1 atom stereocenters. The summed E-state index contributed by atoms with van der Waals surface area (Å²) in [5, 5.41) is 1.32. The van der Waals surface area contributed by atoms with Crippen LogP contribution < -0.4 is 4.74 Å². The van der Waals surface area contributed by atoms with Crippen LogP contribution in [0.3, 0.4) is 0 Å². The van der Waals surface area contributed by atoms with Gasteiger partial charge in [-0.15, -0.1) is 0 Å². The normalized spacial score (nSPS) is 12.8. The Balaban J connectivity index is 3.06. The molecule has 0 aromatic heterocycles. The highest BCUT2D eigenvalue weighted by molar-refractivity contribution is 9.09. The first-order chi connectivity index (χ1) is 8.54. The van der Waals surface area contributed by atoms with Gasteiger partial charge in [0.2, 0.25) is 0 Å². The second-order valence-corrected chi connectivity index (χ2v) is 6.02. The molecule has 0 saturated carbocycles. The van der Waals surface area contributed by atoms with Crippen LogP contribution in [-0.4, -0.2) is 6.61 Å². The minimum Gasteiger partial charge on any atom is -0.492 e. The number of hydrogen-bond donors (Lipinski definition) is 0. The van der Waals surface area contributed by atoms with Crippen LogP contribution in [-0.2, 0) is 0 Å².